The summed E-state index contributed by atoms with van der Waals surface area (Å²) in [6, 6.07) is 7.34. The van der Waals surface area contributed by atoms with Crippen LogP contribution in [0.2, 0.25) is 0 Å². The molecule has 26 heavy (non-hydrogen) atoms. The van der Waals surface area contributed by atoms with Crippen molar-refractivity contribution in [3.8, 4) is 0 Å². The lowest BCUT2D eigenvalue weighted by atomic mass is 10.2. The van der Waals surface area contributed by atoms with Crippen LogP contribution in [0.1, 0.15) is 24.3 Å². The maximum absolute atomic E-state index is 12.6. The number of nitrogens with one attached hydrogen (secondary N) is 1. The van der Waals surface area contributed by atoms with E-state index in [0.717, 1.165) is 18.9 Å². The summed E-state index contributed by atoms with van der Waals surface area (Å²) in [6.45, 7) is 5.61. The van der Waals surface area contributed by atoms with Crippen molar-refractivity contribution in [1.82, 2.24) is 19.6 Å². The fourth-order valence-corrected chi connectivity index (χ4v) is 3.18. The van der Waals surface area contributed by atoms with E-state index in [2.05, 4.69) is 25.3 Å². The molecule has 1 fully saturated rings. The number of morpholine rings is 1. The highest BCUT2D eigenvalue weighted by Gasteiger charge is 2.24. The van der Waals surface area contributed by atoms with Gasteiger partial charge in [-0.15, -0.1) is 5.10 Å². The van der Waals surface area contributed by atoms with Gasteiger partial charge in [0.25, 0.3) is 5.91 Å². The van der Waals surface area contributed by atoms with E-state index in [1.54, 1.807) is 29.0 Å². The Bertz CT molecular complexity index is 916. The van der Waals surface area contributed by atoms with Gasteiger partial charge in [0.2, 0.25) is 0 Å². The third-order valence-electron chi connectivity index (χ3n) is 4.24. The van der Waals surface area contributed by atoms with Crippen molar-refractivity contribution in [2.45, 2.75) is 26.1 Å². The summed E-state index contributed by atoms with van der Waals surface area (Å²) in [5.74, 6) is 0.520. The molecule has 134 valence electrons. The van der Waals surface area contributed by atoms with Crippen LogP contribution < -0.4 is 10.2 Å². The molecule has 1 N–H and O–H groups in total. The zero-order valence-electron chi connectivity index (χ0n) is 14.7. The Morgan fingerprint density at radius 2 is 2.00 bits per heavy atom. The Balaban J connectivity index is 1.63. The van der Waals surface area contributed by atoms with Crippen LogP contribution in [0.15, 0.2) is 42.9 Å². The van der Waals surface area contributed by atoms with Gasteiger partial charge >= 0.3 is 0 Å². The van der Waals surface area contributed by atoms with Gasteiger partial charge in [0.05, 0.1) is 30.3 Å². The number of hydrogen-bond donors (Lipinski definition) is 1. The number of pyridine rings is 1. The zero-order valence-corrected chi connectivity index (χ0v) is 14.7. The number of rotatable bonds is 3. The van der Waals surface area contributed by atoms with Crippen LogP contribution in [0, 0.1) is 0 Å². The number of ether oxygens (including phenoxy) is 1. The monoisotopic (exact) mass is 352 g/mol. The van der Waals surface area contributed by atoms with Crippen LogP contribution in [0.3, 0.4) is 0 Å². The molecule has 4 heterocycles. The van der Waals surface area contributed by atoms with Gasteiger partial charge in [-0.25, -0.2) is 9.50 Å². The molecule has 2 atom stereocenters. The first-order valence-electron chi connectivity index (χ1n) is 8.57. The van der Waals surface area contributed by atoms with E-state index in [9.17, 15) is 4.79 Å². The zero-order chi connectivity index (χ0) is 18.1. The van der Waals surface area contributed by atoms with Crippen molar-refractivity contribution in [3.05, 3.63) is 48.5 Å². The number of nitrogens with zero attached hydrogens (tertiary/aromatic N) is 5. The minimum Gasteiger partial charge on any atom is -0.372 e. The van der Waals surface area contributed by atoms with Gasteiger partial charge in [-0.3, -0.25) is 9.78 Å². The van der Waals surface area contributed by atoms with E-state index < -0.39 is 0 Å². The molecule has 0 spiro atoms. The van der Waals surface area contributed by atoms with Gasteiger partial charge in [0, 0.05) is 19.3 Å². The number of imidazole rings is 1. The molecule has 4 rings (SSSR count). The molecular formula is C18H20N6O2. The summed E-state index contributed by atoms with van der Waals surface area (Å²) >= 11 is 0. The number of carbonyl (C=O) groups excluding carboxylic acids is 1. The fourth-order valence-electron chi connectivity index (χ4n) is 3.18. The molecule has 1 aliphatic heterocycles. The van der Waals surface area contributed by atoms with Crippen LogP contribution >= 0.6 is 0 Å². The normalized spacial score (nSPS) is 20.3. The Kier molecular flexibility index (Phi) is 4.26. The van der Waals surface area contributed by atoms with E-state index in [-0.39, 0.29) is 18.1 Å². The number of aromatic nitrogens is 4. The smallest absolute Gasteiger partial charge is 0.276 e. The molecule has 3 aromatic heterocycles. The second kappa shape index (κ2) is 6.72. The molecule has 3 aromatic rings. The topological polar surface area (TPSA) is 84.7 Å². The first-order valence-corrected chi connectivity index (χ1v) is 8.57. The van der Waals surface area contributed by atoms with Crippen LogP contribution in [0.4, 0.5) is 11.5 Å². The van der Waals surface area contributed by atoms with Crippen molar-refractivity contribution in [2.75, 3.05) is 23.3 Å². The lowest BCUT2D eigenvalue weighted by Crippen LogP contribution is -2.46. The van der Waals surface area contributed by atoms with Crippen LogP contribution in [-0.4, -0.2) is 50.8 Å². The summed E-state index contributed by atoms with van der Waals surface area (Å²) in [5.41, 5.74) is 1.62. The number of hydrogen-bond acceptors (Lipinski definition) is 6. The number of carbonyl (C=O) groups is 1. The van der Waals surface area contributed by atoms with Gasteiger partial charge in [-0.05, 0) is 38.1 Å². The molecule has 8 nitrogen and oxygen atoms in total. The van der Waals surface area contributed by atoms with E-state index in [0.29, 0.717) is 17.0 Å². The summed E-state index contributed by atoms with van der Waals surface area (Å²) in [4.78, 5) is 23.1. The Morgan fingerprint density at radius 1 is 1.19 bits per heavy atom. The standard InChI is InChI=1S/C18H20N6O2/c1-12-10-23(11-13(2)26-12)17-6-5-16-20-9-15(24(16)22-17)18(25)21-14-4-3-7-19-8-14/h3-9,12-13H,10-11H2,1-2H3,(H,21,25). The SMILES string of the molecule is CC1CN(c2ccc3ncc(C(=O)Nc4cccnc4)n3n2)CC(C)O1. The highest BCUT2D eigenvalue weighted by atomic mass is 16.5. The van der Waals surface area contributed by atoms with Crippen molar-refractivity contribution in [1.29, 1.82) is 0 Å². The van der Waals surface area contributed by atoms with Gasteiger partial charge in [0.1, 0.15) is 5.82 Å². The summed E-state index contributed by atoms with van der Waals surface area (Å²) in [6.07, 6.45) is 5.04. The molecule has 0 saturated carbocycles. The summed E-state index contributed by atoms with van der Waals surface area (Å²) in [7, 11) is 0. The Morgan fingerprint density at radius 3 is 2.73 bits per heavy atom. The van der Waals surface area contributed by atoms with Crippen LogP contribution in [0.5, 0.6) is 0 Å². The third kappa shape index (κ3) is 3.23. The van der Waals surface area contributed by atoms with Gasteiger partial charge in [0.15, 0.2) is 11.3 Å². The van der Waals surface area contributed by atoms with Crippen molar-refractivity contribution in [3.63, 3.8) is 0 Å². The molecule has 8 heteroatoms. The maximum Gasteiger partial charge on any atom is 0.276 e. The molecule has 0 aromatic carbocycles. The molecule has 0 radical (unpaired) electrons. The fraction of sp³-hybridized carbons (Fsp3) is 0.333. The second-order valence-electron chi connectivity index (χ2n) is 6.46. The number of anilines is 2. The predicted molar refractivity (Wildman–Crippen MR) is 97.4 cm³/mol. The molecule has 1 aliphatic rings. The van der Waals surface area contributed by atoms with Crippen molar-refractivity contribution in [2.24, 2.45) is 0 Å². The summed E-state index contributed by atoms with van der Waals surface area (Å²) < 4.78 is 7.36. The van der Waals surface area contributed by atoms with E-state index in [1.165, 1.54) is 6.20 Å². The largest absolute Gasteiger partial charge is 0.372 e. The molecule has 2 unspecified atom stereocenters. The highest BCUT2D eigenvalue weighted by Crippen LogP contribution is 2.19. The lowest BCUT2D eigenvalue weighted by Gasteiger charge is -2.35. The Hall–Kier alpha value is -3.00. The van der Waals surface area contributed by atoms with E-state index in [1.807, 2.05) is 26.0 Å². The summed E-state index contributed by atoms with van der Waals surface area (Å²) in [5, 5.41) is 7.45. The van der Waals surface area contributed by atoms with E-state index in [4.69, 9.17) is 4.74 Å². The third-order valence-corrected chi connectivity index (χ3v) is 4.24. The molecular weight excluding hydrogens is 332 g/mol. The van der Waals surface area contributed by atoms with Gasteiger partial charge < -0.3 is 15.0 Å². The number of amides is 1. The Labute approximate surface area is 150 Å². The average molecular weight is 352 g/mol. The molecule has 0 bridgehead atoms. The van der Waals surface area contributed by atoms with Crippen molar-refractivity contribution < 1.29 is 9.53 Å². The van der Waals surface area contributed by atoms with Crippen molar-refractivity contribution >= 4 is 23.1 Å². The minimum atomic E-state index is -0.279. The molecule has 1 saturated heterocycles. The quantitative estimate of drug-likeness (QED) is 0.776. The minimum absolute atomic E-state index is 0.132. The maximum atomic E-state index is 12.6. The second-order valence-corrected chi connectivity index (χ2v) is 6.46. The highest BCUT2D eigenvalue weighted by molar-refractivity contribution is 6.03. The van der Waals surface area contributed by atoms with Crippen LogP contribution in [-0.2, 0) is 4.74 Å². The average Bonchev–Trinajstić information content (AvgIpc) is 3.05. The van der Waals surface area contributed by atoms with Gasteiger partial charge in [-0.2, -0.15) is 0 Å². The molecule has 1 amide bonds. The van der Waals surface area contributed by atoms with E-state index >= 15 is 0 Å². The predicted octanol–water partition coefficient (Wildman–Crippen LogP) is 1.99. The van der Waals surface area contributed by atoms with Gasteiger partial charge in [-0.1, -0.05) is 0 Å². The first-order chi connectivity index (χ1) is 12.6. The number of fused-ring (bicyclic) bond motifs is 1. The van der Waals surface area contributed by atoms with Crippen LogP contribution in [0.25, 0.3) is 5.65 Å². The first kappa shape index (κ1) is 16.5. The lowest BCUT2D eigenvalue weighted by molar-refractivity contribution is -0.00552. The molecule has 0 aliphatic carbocycles.